The van der Waals surface area contributed by atoms with Crippen molar-refractivity contribution in [3.05, 3.63) is 34.9 Å². The Bertz CT molecular complexity index is 593. The summed E-state index contributed by atoms with van der Waals surface area (Å²) in [4.78, 5) is 26.8. The minimum atomic E-state index is 0.0109. The Balaban J connectivity index is 1.75. The van der Waals surface area contributed by atoms with Crippen LogP contribution in [-0.2, 0) is 4.79 Å². The summed E-state index contributed by atoms with van der Waals surface area (Å²) in [6.45, 7) is 7.78. The first-order valence-electron chi connectivity index (χ1n) is 9.72. The highest BCUT2D eigenvalue weighted by Gasteiger charge is 2.28. The van der Waals surface area contributed by atoms with Gasteiger partial charge in [0, 0.05) is 35.6 Å². The number of carbonyl (C=O) groups excluding carboxylic acids is 2. The van der Waals surface area contributed by atoms with Gasteiger partial charge in [0.15, 0.2) is 0 Å². The van der Waals surface area contributed by atoms with Crippen molar-refractivity contribution in [3.63, 3.8) is 0 Å². The van der Waals surface area contributed by atoms with E-state index in [1.54, 1.807) is 24.3 Å². The molecular formula is C21H31ClN2O2. The lowest BCUT2D eigenvalue weighted by atomic mass is 9.94. The van der Waals surface area contributed by atoms with Gasteiger partial charge in [0.1, 0.15) is 0 Å². The Kier molecular flexibility index (Phi) is 7.95. The number of rotatable bonds is 7. The van der Waals surface area contributed by atoms with E-state index in [4.69, 9.17) is 11.6 Å². The number of piperidine rings is 1. The fraction of sp³-hybridized carbons (Fsp3) is 0.619. The summed E-state index contributed by atoms with van der Waals surface area (Å²) in [5.41, 5.74) is 0.649. The fourth-order valence-electron chi connectivity index (χ4n) is 3.38. The van der Waals surface area contributed by atoms with Gasteiger partial charge in [-0.05, 0) is 56.4 Å². The number of nitrogens with one attached hydrogen (secondary N) is 1. The Labute approximate surface area is 162 Å². The molecule has 0 aromatic heterocycles. The summed E-state index contributed by atoms with van der Waals surface area (Å²) in [6, 6.07) is 7.19. The number of likely N-dealkylation sites (tertiary alicyclic amines) is 1. The summed E-state index contributed by atoms with van der Waals surface area (Å²) in [5.74, 6) is 0.875. The summed E-state index contributed by atoms with van der Waals surface area (Å²) in [7, 11) is 0. The van der Waals surface area contributed by atoms with E-state index in [2.05, 4.69) is 26.1 Å². The van der Waals surface area contributed by atoms with Crippen LogP contribution in [0.1, 0.15) is 63.2 Å². The number of amides is 2. The van der Waals surface area contributed by atoms with Gasteiger partial charge in [-0.15, -0.1) is 0 Å². The molecule has 4 nitrogen and oxygen atoms in total. The maximum absolute atomic E-state index is 12.5. The van der Waals surface area contributed by atoms with Gasteiger partial charge in [0.05, 0.1) is 0 Å². The lowest BCUT2D eigenvalue weighted by molar-refractivity contribution is -0.126. The molecule has 1 N–H and O–H groups in total. The van der Waals surface area contributed by atoms with Crippen molar-refractivity contribution in [1.29, 1.82) is 0 Å². The van der Waals surface area contributed by atoms with Crippen LogP contribution in [0.2, 0.25) is 5.02 Å². The van der Waals surface area contributed by atoms with Crippen molar-refractivity contribution < 1.29 is 9.59 Å². The van der Waals surface area contributed by atoms with E-state index >= 15 is 0 Å². The second-order valence-electron chi connectivity index (χ2n) is 7.81. The van der Waals surface area contributed by atoms with Crippen molar-refractivity contribution in [2.24, 2.45) is 11.8 Å². The fourth-order valence-corrected chi connectivity index (χ4v) is 3.51. The smallest absolute Gasteiger partial charge is 0.253 e. The molecule has 1 aliphatic heterocycles. The minimum Gasteiger partial charge on any atom is -0.353 e. The first-order valence-corrected chi connectivity index (χ1v) is 10.1. The Hall–Kier alpha value is -1.55. The molecule has 2 amide bonds. The van der Waals surface area contributed by atoms with Crippen LogP contribution in [0.25, 0.3) is 0 Å². The molecule has 1 fully saturated rings. The van der Waals surface area contributed by atoms with Gasteiger partial charge in [-0.1, -0.05) is 38.3 Å². The number of benzene rings is 1. The molecule has 26 heavy (non-hydrogen) atoms. The standard InChI is InChI=1S/C21H31ClN2O2/c1-15(2)5-4-6-16(3)23-20(25)17-11-13-24(14-12-17)21(26)18-7-9-19(22)10-8-18/h7-10,15-17H,4-6,11-14H2,1-3H3,(H,23,25). The molecule has 1 saturated heterocycles. The summed E-state index contributed by atoms with van der Waals surface area (Å²) >= 11 is 5.88. The van der Waals surface area contributed by atoms with Crippen LogP contribution in [-0.4, -0.2) is 35.8 Å². The number of halogens is 1. The van der Waals surface area contributed by atoms with E-state index in [1.165, 1.54) is 6.42 Å². The number of hydrogen-bond acceptors (Lipinski definition) is 2. The maximum Gasteiger partial charge on any atom is 0.253 e. The molecule has 1 aliphatic rings. The van der Waals surface area contributed by atoms with Crippen molar-refractivity contribution >= 4 is 23.4 Å². The number of carbonyl (C=O) groups is 2. The normalized spacial score (nSPS) is 16.6. The third-order valence-electron chi connectivity index (χ3n) is 5.05. The molecule has 0 radical (unpaired) electrons. The molecule has 1 aromatic rings. The molecule has 1 aromatic carbocycles. The van der Waals surface area contributed by atoms with Gasteiger partial charge in [0.2, 0.25) is 5.91 Å². The van der Waals surface area contributed by atoms with E-state index < -0.39 is 0 Å². The first-order chi connectivity index (χ1) is 12.4. The topological polar surface area (TPSA) is 49.4 Å². The Morgan fingerprint density at radius 2 is 1.73 bits per heavy atom. The lowest BCUT2D eigenvalue weighted by Crippen LogP contribution is -2.44. The molecule has 0 bridgehead atoms. The van der Waals surface area contributed by atoms with Crippen LogP contribution in [0.5, 0.6) is 0 Å². The van der Waals surface area contributed by atoms with Crippen LogP contribution in [0.15, 0.2) is 24.3 Å². The molecule has 5 heteroatoms. The Morgan fingerprint density at radius 3 is 2.31 bits per heavy atom. The molecule has 1 atom stereocenters. The number of nitrogens with zero attached hydrogens (tertiary/aromatic N) is 1. The monoisotopic (exact) mass is 378 g/mol. The minimum absolute atomic E-state index is 0.0109. The molecule has 2 rings (SSSR count). The third kappa shape index (κ3) is 6.31. The second kappa shape index (κ2) is 9.96. The molecule has 144 valence electrons. The molecular weight excluding hydrogens is 348 g/mol. The summed E-state index contributed by atoms with van der Waals surface area (Å²) < 4.78 is 0. The first kappa shape index (κ1) is 20.8. The van der Waals surface area contributed by atoms with Crippen LogP contribution in [0, 0.1) is 11.8 Å². The van der Waals surface area contributed by atoms with Crippen molar-refractivity contribution in [2.75, 3.05) is 13.1 Å². The SMILES string of the molecule is CC(C)CCCC(C)NC(=O)C1CCN(C(=O)c2ccc(Cl)cc2)CC1. The largest absolute Gasteiger partial charge is 0.353 e. The lowest BCUT2D eigenvalue weighted by Gasteiger charge is -2.32. The quantitative estimate of drug-likeness (QED) is 0.758. The molecule has 0 spiro atoms. The van der Waals surface area contributed by atoms with Gasteiger partial charge in [-0.25, -0.2) is 0 Å². The average molecular weight is 379 g/mol. The van der Waals surface area contributed by atoms with Crippen molar-refractivity contribution in [1.82, 2.24) is 10.2 Å². The summed E-state index contributed by atoms with van der Waals surface area (Å²) in [5, 5.41) is 3.77. The highest BCUT2D eigenvalue weighted by Crippen LogP contribution is 2.20. The van der Waals surface area contributed by atoms with E-state index in [9.17, 15) is 9.59 Å². The van der Waals surface area contributed by atoms with Crippen molar-refractivity contribution in [3.8, 4) is 0 Å². The van der Waals surface area contributed by atoms with Crippen LogP contribution >= 0.6 is 11.6 Å². The molecule has 0 saturated carbocycles. The zero-order chi connectivity index (χ0) is 19.1. The summed E-state index contributed by atoms with van der Waals surface area (Å²) in [6.07, 6.45) is 4.82. The molecule has 1 heterocycles. The highest BCUT2D eigenvalue weighted by molar-refractivity contribution is 6.30. The number of hydrogen-bond donors (Lipinski definition) is 1. The highest BCUT2D eigenvalue weighted by atomic mass is 35.5. The second-order valence-corrected chi connectivity index (χ2v) is 8.24. The van der Waals surface area contributed by atoms with Gasteiger partial charge in [0.25, 0.3) is 5.91 Å². The third-order valence-corrected chi connectivity index (χ3v) is 5.30. The van der Waals surface area contributed by atoms with Crippen LogP contribution < -0.4 is 5.32 Å². The maximum atomic E-state index is 12.5. The average Bonchev–Trinajstić information content (AvgIpc) is 2.61. The zero-order valence-electron chi connectivity index (χ0n) is 16.1. The van der Waals surface area contributed by atoms with E-state index in [-0.39, 0.29) is 23.8 Å². The Morgan fingerprint density at radius 1 is 1.12 bits per heavy atom. The van der Waals surface area contributed by atoms with Gasteiger partial charge < -0.3 is 10.2 Å². The predicted octanol–water partition coefficient (Wildman–Crippen LogP) is 4.52. The predicted molar refractivity (Wildman–Crippen MR) is 106 cm³/mol. The van der Waals surface area contributed by atoms with Gasteiger partial charge in [-0.3, -0.25) is 9.59 Å². The van der Waals surface area contributed by atoms with Crippen LogP contribution in [0.3, 0.4) is 0 Å². The molecule has 0 aliphatic carbocycles. The van der Waals surface area contributed by atoms with Crippen molar-refractivity contribution in [2.45, 2.75) is 58.9 Å². The van der Waals surface area contributed by atoms with E-state index in [0.29, 0.717) is 29.6 Å². The van der Waals surface area contributed by atoms with E-state index in [0.717, 1.165) is 25.7 Å². The molecule has 1 unspecified atom stereocenters. The van der Waals surface area contributed by atoms with Gasteiger partial charge in [-0.2, -0.15) is 0 Å². The van der Waals surface area contributed by atoms with E-state index in [1.807, 2.05) is 4.90 Å². The zero-order valence-corrected chi connectivity index (χ0v) is 16.9. The van der Waals surface area contributed by atoms with Gasteiger partial charge >= 0.3 is 0 Å². The van der Waals surface area contributed by atoms with Crippen LogP contribution in [0.4, 0.5) is 0 Å².